The predicted molar refractivity (Wildman–Crippen MR) is 252 cm³/mol. The lowest BCUT2D eigenvalue weighted by Gasteiger charge is -2.06. The molecule has 0 spiro atoms. The lowest BCUT2D eigenvalue weighted by atomic mass is 10.0. The lowest BCUT2D eigenvalue weighted by molar-refractivity contribution is 0.415. The third-order valence-electron chi connectivity index (χ3n) is 12.5. The molecule has 0 atom stereocenters. The summed E-state index contributed by atoms with van der Waals surface area (Å²) in [6.07, 6.45) is 0. The molecule has 0 amide bonds. The van der Waals surface area contributed by atoms with Crippen molar-refractivity contribution in [3.8, 4) is 68.5 Å². The number of hydrogen-bond donors (Lipinski definition) is 2. The molecule has 0 saturated heterocycles. The van der Waals surface area contributed by atoms with Crippen molar-refractivity contribution in [3.05, 3.63) is 121 Å². The topological polar surface area (TPSA) is 146 Å². The number of ether oxygens (including phenoxy) is 4. The molecular weight excluding hydrogens is 801 g/mol. The fraction of sp³-hybridized carbons (Fsp3) is 0.0769. The average Bonchev–Trinajstić information content (AvgIpc) is 4.04. The monoisotopic (exact) mass is 834 g/mol. The Bertz CT molecular complexity index is 3780. The zero-order chi connectivity index (χ0) is 42.8. The Labute approximate surface area is 363 Å². The van der Waals surface area contributed by atoms with Gasteiger partial charge in [0.2, 0.25) is 0 Å². The highest BCUT2D eigenvalue weighted by molar-refractivity contribution is 6.13. The maximum Gasteiger partial charge on any atom is 0.164 e. The number of hydrogen-bond acceptors (Lipinski definition) is 10. The molecule has 306 valence electrons. The Hall–Kier alpha value is -8.64. The highest BCUT2D eigenvalue weighted by Gasteiger charge is 2.24. The lowest BCUT2D eigenvalue weighted by Crippen LogP contribution is -1.86. The van der Waals surface area contributed by atoms with Crippen molar-refractivity contribution in [2.45, 2.75) is 0 Å². The first-order valence-electron chi connectivity index (χ1n) is 20.7. The molecule has 5 heterocycles. The van der Waals surface area contributed by atoms with Crippen LogP contribution in [0.5, 0.6) is 23.0 Å². The van der Waals surface area contributed by atoms with Crippen molar-refractivity contribution in [3.63, 3.8) is 0 Å². The Balaban J connectivity index is 1.21. The molecule has 12 heteroatoms. The van der Waals surface area contributed by atoms with Gasteiger partial charge >= 0.3 is 0 Å². The molecule has 2 aliphatic rings. The van der Waals surface area contributed by atoms with E-state index in [1.54, 1.807) is 28.4 Å². The van der Waals surface area contributed by atoms with Gasteiger partial charge < -0.3 is 28.9 Å². The van der Waals surface area contributed by atoms with Gasteiger partial charge in [0.15, 0.2) is 23.3 Å². The molecule has 0 unspecified atom stereocenters. The van der Waals surface area contributed by atoms with Crippen LogP contribution < -0.4 is 18.9 Å². The van der Waals surface area contributed by atoms with Crippen LogP contribution in [0.1, 0.15) is 0 Å². The number of methoxy groups -OCH3 is 4. The van der Waals surface area contributed by atoms with Crippen molar-refractivity contribution in [1.29, 1.82) is 0 Å². The van der Waals surface area contributed by atoms with E-state index in [1.165, 1.54) is 0 Å². The Morgan fingerprint density at radius 1 is 0.281 bits per heavy atom. The number of rotatable bonds is 4. The second-order valence-corrected chi connectivity index (χ2v) is 16.1. The quantitative estimate of drug-likeness (QED) is 0.176. The Kier molecular flexibility index (Phi) is 7.56. The molecule has 8 bridgehead atoms. The zero-order valence-electron chi connectivity index (χ0n) is 34.9. The highest BCUT2D eigenvalue weighted by Crippen LogP contribution is 2.42. The molecule has 0 saturated carbocycles. The largest absolute Gasteiger partial charge is 0.497 e. The molecule has 0 fully saturated rings. The van der Waals surface area contributed by atoms with Gasteiger partial charge in [-0.25, -0.2) is 29.9 Å². The van der Waals surface area contributed by atoms with Crippen molar-refractivity contribution < 1.29 is 18.9 Å². The van der Waals surface area contributed by atoms with E-state index in [1.807, 2.05) is 60.7 Å². The molecule has 13 rings (SSSR count). The van der Waals surface area contributed by atoms with E-state index in [2.05, 4.69) is 70.6 Å². The fourth-order valence-corrected chi connectivity index (χ4v) is 9.19. The number of H-pyrrole nitrogens is 2. The minimum Gasteiger partial charge on any atom is -0.497 e. The van der Waals surface area contributed by atoms with Crippen molar-refractivity contribution >= 4 is 87.2 Å². The molecule has 11 aromatic rings. The van der Waals surface area contributed by atoms with Gasteiger partial charge in [-0.3, -0.25) is 0 Å². The summed E-state index contributed by atoms with van der Waals surface area (Å²) in [5, 5.41) is 11.5. The van der Waals surface area contributed by atoms with E-state index in [4.69, 9.17) is 48.9 Å². The second kappa shape index (κ2) is 13.4. The highest BCUT2D eigenvalue weighted by atomic mass is 16.5. The third-order valence-corrected chi connectivity index (χ3v) is 12.5. The average molecular weight is 835 g/mol. The molecule has 3 aromatic heterocycles. The molecule has 2 N–H and O–H groups in total. The first kappa shape index (κ1) is 36.1. The van der Waals surface area contributed by atoms with Gasteiger partial charge in [0, 0.05) is 43.8 Å². The maximum atomic E-state index is 5.63. The van der Waals surface area contributed by atoms with Crippen molar-refractivity contribution in [2.75, 3.05) is 28.4 Å². The number of nitrogens with zero attached hydrogens (tertiary/aromatic N) is 6. The number of nitrogens with one attached hydrogen (secondary N) is 2. The summed E-state index contributed by atoms with van der Waals surface area (Å²) < 4.78 is 22.5. The van der Waals surface area contributed by atoms with Crippen LogP contribution in [-0.4, -0.2) is 68.3 Å². The van der Waals surface area contributed by atoms with Crippen molar-refractivity contribution in [2.24, 2.45) is 0 Å². The number of aromatic amines is 2. The summed E-state index contributed by atoms with van der Waals surface area (Å²) in [5.74, 6) is 5.07. The SMILES string of the molecule is COc1ccc2cc3c(cc2c1)-c1nc-3nc2[nH]c(nc3nc(nc4[nH]c(n1)c1cc5ccc(OC)cc5cc41)-c1cc4ccc(OC)cc4cc1-3)c1cc3ccc(OC)cc3cc21. The third kappa shape index (κ3) is 5.48. The maximum absolute atomic E-state index is 5.63. The van der Waals surface area contributed by atoms with Crippen LogP contribution in [0.3, 0.4) is 0 Å². The summed E-state index contributed by atoms with van der Waals surface area (Å²) in [5.41, 5.74) is 5.75. The minimum atomic E-state index is 0.507. The van der Waals surface area contributed by atoms with Gasteiger partial charge in [0.1, 0.15) is 45.6 Å². The van der Waals surface area contributed by atoms with Crippen LogP contribution in [0.25, 0.3) is 133 Å². The normalized spacial score (nSPS) is 12.1. The fourth-order valence-electron chi connectivity index (χ4n) is 9.19. The molecule has 0 aliphatic carbocycles. The van der Waals surface area contributed by atoms with Crippen LogP contribution in [0.4, 0.5) is 0 Å². The summed E-state index contributed by atoms with van der Waals surface area (Å²) in [6.45, 7) is 0. The van der Waals surface area contributed by atoms with Gasteiger partial charge in [-0.15, -0.1) is 0 Å². The number of benzene rings is 8. The smallest absolute Gasteiger partial charge is 0.164 e. The van der Waals surface area contributed by atoms with Gasteiger partial charge in [-0.05, 0) is 140 Å². The van der Waals surface area contributed by atoms with E-state index < -0.39 is 0 Å². The van der Waals surface area contributed by atoms with Gasteiger partial charge in [-0.1, -0.05) is 24.3 Å². The first-order chi connectivity index (χ1) is 31.4. The Morgan fingerprint density at radius 3 is 0.828 bits per heavy atom. The Morgan fingerprint density at radius 2 is 0.531 bits per heavy atom. The summed E-state index contributed by atoms with van der Waals surface area (Å²) >= 11 is 0. The first-order valence-corrected chi connectivity index (χ1v) is 20.7. The van der Waals surface area contributed by atoms with Crippen LogP contribution in [0, 0.1) is 0 Å². The van der Waals surface area contributed by atoms with E-state index in [0.717, 1.165) is 110 Å². The van der Waals surface area contributed by atoms with E-state index in [0.29, 0.717) is 45.9 Å². The van der Waals surface area contributed by atoms with Crippen LogP contribution in [0.15, 0.2) is 121 Å². The number of aromatic nitrogens is 8. The van der Waals surface area contributed by atoms with Gasteiger partial charge in [0.25, 0.3) is 0 Å². The molecule has 64 heavy (non-hydrogen) atoms. The zero-order valence-corrected chi connectivity index (χ0v) is 34.9. The predicted octanol–water partition coefficient (Wildman–Crippen LogP) is 11.5. The van der Waals surface area contributed by atoms with E-state index >= 15 is 0 Å². The standard InChI is InChI=1S/C52H34N8O4/c1-61-33-9-5-25-17-37-41(21-29(25)13-33)49-53-45(37)58-50-43-23-31-15-35(63-3)11-7-27(31)19-39(43)47(55-50)60-52-44-24-32-16-36(64-4)12-8-28(32)20-40(44)48(56-52)59-51-42-22-30-14-34(62-2)10-6-26(30)18-38(42)46(54-51)57-49/h5-24H,1-4H3,(H2,53,54,55,56,57,58,59,60). The van der Waals surface area contributed by atoms with Gasteiger partial charge in [-0.2, -0.15) is 0 Å². The van der Waals surface area contributed by atoms with Crippen LogP contribution in [0.2, 0.25) is 0 Å². The van der Waals surface area contributed by atoms with E-state index in [9.17, 15) is 0 Å². The number of fused-ring (bicyclic) bond motifs is 24. The van der Waals surface area contributed by atoms with E-state index in [-0.39, 0.29) is 0 Å². The molecule has 12 nitrogen and oxygen atoms in total. The van der Waals surface area contributed by atoms with Crippen LogP contribution >= 0.6 is 0 Å². The molecule has 0 radical (unpaired) electrons. The minimum absolute atomic E-state index is 0.507. The van der Waals surface area contributed by atoms with Crippen molar-refractivity contribution in [1.82, 2.24) is 39.9 Å². The summed E-state index contributed by atoms with van der Waals surface area (Å²) in [7, 11) is 6.69. The molecular formula is C52H34N8O4. The second-order valence-electron chi connectivity index (χ2n) is 16.1. The molecule has 8 aromatic carbocycles. The summed E-state index contributed by atoms with van der Waals surface area (Å²) in [4.78, 5) is 39.0. The van der Waals surface area contributed by atoms with Gasteiger partial charge in [0.05, 0.1) is 28.4 Å². The van der Waals surface area contributed by atoms with Crippen LogP contribution in [-0.2, 0) is 0 Å². The molecule has 2 aliphatic heterocycles. The summed E-state index contributed by atoms with van der Waals surface area (Å²) in [6, 6.07) is 41.1.